The van der Waals surface area contributed by atoms with Gasteiger partial charge in [-0.15, -0.1) is 0 Å². The van der Waals surface area contributed by atoms with Gasteiger partial charge < -0.3 is 24.1 Å². The van der Waals surface area contributed by atoms with Crippen LogP contribution in [-0.4, -0.2) is 66.2 Å². The van der Waals surface area contributed by atoms with Gasteiger partial charge in [-0.3, -0.25) is 4.79 Å². The van der Waals surface area contributed by atoms with Crippen molar-refractivity contribution in [1.82, 2.24) is 19.6 Å². The largest absolute Gasteiger partial charge is 0.453 e. The van der Waals surface area contributed by atoms with Gasteiger partial charge in [-0.2, -0.15) is 0 Å². The zero-order valence-corrected chi connectivity index (χ0v) is 19.1. The first-order valence-corrected chi connectivity index (χ1v) is 10.8. The van der Waals surface area contributed by atoms with Gasteiger partial charge in [0, 0.05) is 48.4 Å². The number of halogens is 2. The lowest BCUT2D eigenvalue weighted by Gasteiger charge is -2.32. The molecule has 0 radical (unpaired) electrons. The summed E-state index contributed by atoms with van der Waals surface area (Å²) in [5.41, 5.74) is 3.34. The van der Waals surface area contributed by atoms with Crippen LogP contribution in [0, 0.1) is 0 Å². The quantitative estimate of drug-likeness (QED) is 0.620. The highest BCUT2D eigenvalue weighted by Crippen LogP contribution is 2.33. The van der Waals surface area contributed by atoms with Gasteiger partial charge in [-0.25, -0.2) is 9.78 Å². The van der Waals surface area contributed by atoms with Crippen molar-refractivity contribution < 1.29 is 19.1 Å². The molecule has 0 unspecified atom stereocenters. The molecular formula is C22H22Cl2N4O4. The smallest absolute Gasteiger partial charge is 0.409 e. The number of methoxy groups -OCH3 is 1. The van der Waals surface area contributed by atoms with Gasteiger partial charge >= 0.3 is 6.09 Å². The van der Waals surface area contributed by atoms with Crippen molar-refractivity contribution in [2.75, 3.05) is 33.9 Å². The SMILES string of the molecule is CNC(=O)c1ccc(-c2nc3cc(Cl)ccn3c2C[C@H]2CN(C(=O)OC)CCO2)c(Cl)c1. The standard InChI is InChI=1S/C22H22Cl2N4O4/c1-25-21(29)13-3-4-16(17(24)9-13)20-18(28-6-5-14(23)10-19(28)26-20)11-15-12-27(7-8-32-15)22(30)31-2/h3-6,9-10,15H,7-8,11-12H2,1-2H3,(H,25,29)/t15-/m0/s1. The van der Waals surface area contributed by atoms with Crippen LogP contribution < -0.4 is 5.32 Å². The predicted molar refractivity (Wildman–Crippen MR) is 121 cm³/mol. The molecule has 1 atom stereocenters. The number of morpholine rings is 1. The summed E-state index contributed by atoms with van der Waals surface area (Å²) in [7, 11) is 2.93. The molecule has 10 heteroatoms. The van der Waals surface area contributed by atoms with E-state index in [9.17, 15) is 9.59 Å². The van der Waals surface area contributed by atoms with E-state index in [1.54, 1.807) is 42.3 Å². The van der Waals surface area contributed by atoms with Crippen LogP contribution in [-0.2, 0) is 15.9 Å². The summed E-state index contributed by atoms with van der Waals surface area (Å²) in [6.07, 6.45) is 1.70. The van der Waals surface area contributed by atoms with Crippen LogP contribution in [0.2, 0.25) is 10.0 Å². The maximum Gasteiger partial charge on any atom is 0.409 e. The topological polar surface area (TPSA) is 85.2 Å². The summed E-state index contributed by atoms with van der Waals surface area (Å²) < 4.78 is 12.7. The third kappa shape index (κ3) is 4.39. The van der Waals surface area contributed by atoms with Crippen LogP contribution in [0.1, 0.15) is 16.1 Å². The minimum atomic E-state index is -0.378. The normalized spacial score (nSPS) is 16.2. The molecule has 1 aliphatic rings. The van der Waals surface area contributed by atoms with Crippen molar-refractivity contribution in [1.29, 1.82) is 0 Å². The number of pyridine rings is 1. The number of hydrogen-bond donors (Lipinski definition) is 1. The molecule has 0 aliphatic carbocycles. The molecule has 1 fully saturated rings. The summed E-state index contributed by atoms with van der Waals surface area (Å²) in [6.45, 7) is 1.29. The molecule has 1 N–H and O–H groups in total. The Morgan fingerprint density at radius 3 is 2.81 bits per heavy atom. The van der Waals surface area contributed by atoms with E-state index in [1.165, 1.54) is 7.11 Å². The second-order valence-corrected chi connectivity index (χ2v) is 8.21. The van der Waals surface area contributed by atoms with Gasteiger partial charge in [0.2, 0.25) is 0 Å². The van der Waals surface area contributed by atoms with Crippen molar-refractivity contribution in [2.45, 2.75) is 12.5 Å². The minimum Gasteiger partial charge on any atom is -0.453 e. The Morgan fingerprint density at radius 2 is 2.09 bits per heavy atom. The third-order valence-electron chi connectivity index (χ3n) is 5.39. The average Bonchev–Trinajstić information content (AvgIpc) is 3.14. The number of hydrogen-bond acceptors (Lipinski definition) is 5. The molecule has 3 heterocycles. The number of rotatable bonds is 4. The summed E-state index contributed by atoms with van der Waals surface area (Å²) >= 11 is 12.8. The molecule has 3 aromatic rings. The minimum absolute atomic E-state index is 0.223. The molecule has 8 nitrogen and oxygen atoms in total. The van der Waals surface area contributed by atoms with Crippen molar-refractivity contribution in [2.24, 2.45) is 0 Å². The second kappa shape index (κ2) is 9.36. The maximum atomic E-state index is 12.0. The first-order chi connectivity index (χ1) is 15.4. The molecule has 0 saturated carbocycles. The van der Waals surface area contributed by atoms with Crippen LogP contribution >= 0.6 is 23.2 Å². The molecular weight excluding hydrogens is 455 g/mol. The summed E-state index contributed by atoms with van der Waals surface area (Å²) in [5.74, 6) is -0.223. The number of ether oxygens (including phenoxy) is 2. The summed E-state index contributed by atoms with van der Waals surface area (Å²) in [5, 5.41) is 3.56. The molecule has 168 valence electrons. The number of fused-ring (bicyclic) bond motifs is 1. The number of benzene rings is 1. The highest BCUT2D eigenvalue weighted by molar-refractivity contribution is 6.33. The van der Waals surface area contributed by atoms with Gasteiger partial charge in [0.1, 0.15) is 5.65 Å². The zero-order valence-electron chi connectivity index (χ0n) is 17.6. The number of aromatic nitrogens is 2. The lowest BCUT2D eigenvalue weighted by molar-refractivity contribution is -0.0241. The molecule has 2 aromatic heterocycles. The Kier molecular flexibility index (Phi) is 6.55. The Hall–Kier alpha value is -2.81. The molecule has 4 rings (SSSR count). The van der Waals surface area contributed by atoms with Crippen molar-refractivity contribution in [3.63, 3.8) is 0 Å². The lowest BCUT2D eigenvalue weighted by Crippen LogP contribution is -2.46. The van der Waals surface area contributed by atoms with Crippen molar-refractivity contribution in [3.8, 4) is 11.3 Å². The van der Waals surface area contributed by atoms with Crippen molar-refractivity contribution in [3.05, 3.63) is 57.8 Å². The van der Waals surface area contributed by atoms with Crippen LogP contribution in [0.15, 0.2) is 36.5 Å². The summed E-state index contributed by atoms with van der Waals surface area (Å²) in [4.78, 5) is 30.3. The maximum absolute atomic E-state index is 12.0. The number of carbonyl (C=O) groups is 2. The fourth-order valence-electron chi connectivity index (χ4n) is 3.83. The third-order valence-corrected chi connectivity index (χ3v) is 5.94. The number of nitrogens with one attached hydrogen (secondary N) is 1. The van der Waals surface area contributed by atoms with E-state index in [0.29, 0.717) is 58.6 Å². The van der Waals surface area contributed by atoms with Crippen LogP contribution in [0.4, 0.5) is 4.79 Å². The van der Waals surface area contributed by atoms with Crippen LogP contribution in [0.3, 0.4) is 0 Å². The number of imidazole rings is 1. The average molecular weight is 477 g/mol. The lowest BCUT2D eigenvalue weighted by atomic mass is 10.0. The van der Waals surface area contributed by atoms with E-state index in [2.05, 4.69) is 5.32 Å². The Morgan fingerprint density at radius 1 is 1.28 bits per heavy atom. The summed E-state index contributed by atoms with van der Waals surface area (Å²) in [6, 6.07) is 8.65. The number of carbonyl (C=O) groups excluding carboxylic acids is 2. The Balaban J connectivity index is 1.74. The highest BCUT2D eigenvalue weighted by Gasteiger charge is 2.28. The van der Waals surface area contributed by atoms with E-state index in [4.69, 9.17) is 37.7 Å². The van der Waals surface area contributed by atoms with Gasteiger partial charge in [0.25, 0.3) is 5.91 Å². The van der Waals surface area contributed by atoms with Gasteiger partial charge in [0.05, 0.1) is 42.8 Å². The molecule has 1 saturated heterocycles. The fraction of sp³-hybridized carbons (Fsp3) is 0.318. The van der Waals surface area contributed by atoms with Gasteiger partial charge in [0.15, 0.2) is 0 Å². The first kappa shape index (κ1) is 22.4. The zero-order chi connectivity index (χ0) is 22.8. The van der Waals surface area contributed by atoms with E-state index in [0.717, 1.165) is 5.69 Å². The predicted octanol–water partition coefficient (Wildman–Crippen LogP) is 3.68. The van der Waals surface area contributed by atoms with E-state index < -0.39 is 0 Å². The Bertz CT molecular complexity index is 1180. The molecule has 1 aromatic carbocycles. The first-order valence-electron chi connectivity index (χ1n) is 10.0. The highest BCUT2D eigenvalue weighted by atomic mass is 35.5. The van der Waals surface area contributed by atoms with Gasteiger partial charge in [-0.1, -0.05) is 29.3 Å². The molecule has 0 bridgehead atoms. The molecule has 2 amide bonds. The van der Waals surface area contributed by atoms with E-state index in [1.807, 2.05) is 10.6 Å². The Labute approximate surface area is 195 Å². The second-order valence-electron chi connectivity index (χ2n) is 7.37. The monoisotopic (exact) mass is 476 g/mol. The molecule has 0 spiro atoms. The molecule has 32 heavy (non-hydrogen) atoms. The molecule has 1 aliphatic heterocycles. The van der Waals surface area contributed by atoms with E-state index >= 15 is 0 Å². The van der Waals surface area contributed by atoms with Crippen LogP contribution in [0.5, 0.6) is 0 Å². The van der Waals surface area contributed by atoms with Crippen molar-refractivity contribution >= 4 is 40.8 Å². The number of amides is 2. The van der Waals surface area contributed by atoms with E-state index in [-0.39, 0.29) is 18.1 Å². The van der Waals surface area contributed by atoms with Crippen LogP contribution in [0.25, 0.3) is 16.9 Å². The van der Waals surface area contributed by atoms with Gasteiger partial charge in [-0.05, 0) is 18.2 Å². The fourth-order valence-corrected chi connectivity index (χ4v) is 4.25. The number of nitrogens with zero attached hydrogens (tertiary/aromatic N) is 3.